The Morgan fingerprint density at radius 1 is 1.00 bits per heavy atom. The molecule has 0 aromatic rings. The molecule has 0 N–H and O–H groups in total. The zero-order valence-corrected chi connectivity index (χ0v) is 13.9. The van der Waals surface area contributed by atoms with Crippen LogP contribution in [0.2, 0.25) is 0 Å². The van der Waals surface area contributed by atoms with Gasteiger partial charge >= 0.3 is 0 Å². The van der Waals surface area contributed by atoms with E-state index in [4.69, 9.17) is 0 Å². The van der Waals surface area contributed by atoms with E-state index >= 15 is 0 Å². The van der Waals surface area contributed by atoms with Crippen LogP contribution in [-0.4, -0.2) is 5.92 Å². The third-order valence-electron chi connectivity index (χ3n) is 5.85. The molecule has 2 aliphatic carbocycles. The molecule has 0 spiro atoms. The van der Waals surface area contributed by atoms with E-state index in [1.54, 1.807) is 18.2 Å². The van der Waals surface area contributed by atoms with Crippen molar-refractivity contribution in [2.24, 2.45) is 10.8 Å². The van der Waals surface area contributed by atoms with Crippen molar-refractivity contribution in [1.82, 2.24) is 0 Å². The fourth-order valence-corrected chi connectivity index (χ4v) is 4.57. The van der Waals surface area contributed by atoms with Gasteiger partial charge in [0, 0.05) is 0 Å². The molecule has 22 heavy (non-hydrogen) atoms. The Kier molecular flexibility index (Phi) is 5.63. The molecule has 2 rings (SSSR count). The van der Waals surface area contributed by atoms with Gasteiger partial charge in [0.25, 0.3) is 5.92 Å². The van der Waals surface area contributed by atoms with Crippen LogP contribution in [0.25, 0.3) is 0 Å². The summed E-state index contributed by atoms with van der Waals surface area (Å²) in [7, 11) is 0. The predicted molar refractivity (Wildman–Crippen MR) is 90.1 cm³/mol. The van der Waals surface area contributed by atoms with Gasteiger partial charge in [-0.3, -0.25) is 0 Å². The van der Waals surface area contributed by atoms with Gasteiger partial charge in [0.1, 0.15) is 0 Å². The lowest BCUT2D eigenvalue weighted by Crippen LogP contribution is -2.52. The second kappa shape index (κ2) is 7.10. The number of allylic oxidation sites excluding steroid dienone is 5. The van der Waals surface area contributed by atoms with Crippen LogP contribution in [0.4, 0.5) is 8.78 Å². The smallest absolute Gasteiger partial charge is 0.201 e. The second-order valence-electron chi connectivity index (χ2n) is 7.07. The van der Waals surface area contributed by atoms with E-state index in [2.05, 4.69) is 13.5 Å². The molecule has 1 saturated carbocycles. The normalized spacial score (nSPS) is 29.4. The van der Waals surface area contributed by atoms with E-state index in [1.165, 1.54) is 25.3 Å². The Morgan fingerprint density at radius 3 is 2.27 bits per heavy atom. The topological polar surface area (TPSA) is 0 Å². The third kappa shape index (κ3) is 2.94. The second-order valence-corrected chi connectivity index (χ2v) is 7.07. The number of halogens is 2. The fourth-order valence-electron chi connectivity index (χ4n) is 4.57. The largest absolute Gasteiger partial charge is 0.279 e. The van der Waals surface area contributed by atoms with Gasteiger partial charge in [-0.25, -0.2) is 8.78 Å². The molecular formula is C20H30F2. The zero-order valence-electron chi connectivity index (χ0n) is 13.9. The zero-order chi connectivity index (χ0) is 16.1. The molecule has 2 heteroatoms. The lowest BCUT2D eigenvalue weighted by Gasteiger charge is -2.53. The summed E-state index contributed by atoms with van der Waals surface area (Å²) in [6.45, 7) is 6.04. The lowest BCUT2D eigenvalue weighted by atomic mass is 9.52. The monoisotopic (exact) mass is 308 g/mol. The lowest BCUT2D eigenvalue weighted by molar-refractivity contribution is -0.115. The van der Waals surface area contributed by atoms with Crippen molar-refractivity contribution in [2.75, 3.05) is 0 Å². The van der Waals surface area contributed by atoms with Gasteiger partial charge in [-0.2, -0.15) is 0 Å². The molecule has 0 nitrogen and oxygen atoms in total. The molecule has 0 saturated heterocycles. The number of rotatable bonds is 7. The maximum atomic E-state index is 14.9. The van der Waals surface area contributed by atoms with E-state index in [0.717, 1.165) is 51.0 Å². The van der Waals surface area contributed by atoms with Crippen LogP contribution in [0.15, 0.2) is 37.0 Å². The highest BCUT2D eigenvalue weighted by Gasteiger charge is 2.60. The maximum Gasteiger partial charge on any atom is 0.279 e. The van der Waals surface area contributed by atoms with Crippen LogP contribution in [-0.2, 0) is 0 Å². The van der Waals surface area contributed by atoms with Gasteiger partial charge in [-0.05, 0) is 30.8 Å². The molecule has 1 unspecified atom stereocenters. The quantitative estimate of drug-likeness (QED) is 0.357. The van der Waals surface area contributed by atoms with Crippen molar-refractivity contribution in [3.8, 4) is 0 Å². The Hall–Kier alpha value is -0.920. The molecule has 0 aliphatic heterocycles. The first-order valence-electron chi connectivity index (χ1n) is 8.92. The predicted octanol–water partition coefficient (Wildman–Crippen LogP) is 6.84. The van der Waals surface area contributed by atoms with Gasteiger partial charge in [-0.1, -0.05) is 76.2 Å². The van der Waals surface area contributed by atoms with Crippen molar-refractivity contribution >= 4 is 0 Å². The standard InChI is InChI=1S/C20H30F2/c1-3-5-6-8-13-18(14-9-7-10-15-18)19(4-2)16-11-12-17-20(19,21)22/h4,11-12,16-17H,2-3,5-10,13-15H2,1H3. The Balaban J connectivity index is 2.31. The van der Waals surface area contributed by atoms with Crippen molar-refractivity contribution < 1.29 is 8.78 Å². The highest BCUT2D eigenvalue weighted by molar-refractivity contribution is 5.33. The maximum absolute atomic E-state index is 14.9. The van der Waals surface area contributed by atoms with Gasteiger partial charge in [-0.15, -0.1) is 6.58 Å². The summed E-state index contributed by atoms with van der Waals surface area (Å²) in [4.78, 5) is 0. The minimum Gasteiger partial charge on any atom is -0.201 e. The fraction of sp³-hybridized carbons (Fsp3) is 0.700. The van der Waals surface area contributed by atoms with E-state index < -0.39 is 11.3 Å². The van der Waals surface area contributed by atoms with E-state index in [1.807, 2.05) is 0 Å². The molecule has 0 radical (unpaired) electrons. The average Bonchev–Trinajstić information content (AvgIpc) is 2.52. The van der Waals surface area contributed by atoms with Crippen LogP contribution in [0.1, 0.15) is 71.1 Å². The molecule has 0 aromatic carbocycles. The summed E-state index contributed by atoms with van der Waals surface area (Å²) in [5.41, 5.74) is -1.53. The summed E-state index contributed by atoms with van der Waals surface area (Å²) in [6.07, 6.45) is 18.2. The van der Waals surface area contributed by atoms with Crippen LogP contribution >= 0.6 is 0 Å². The van der Waals surface area contributed by atoms with Crippen molar-refractivity contribution in [3.05, 3.63) is 37.0 Å². The average molecular weight is 308 g/mol. The number of unbranched alkanes of at least 4 members (excludes halogenated alkanes) is 3. The molecule has 0 aromatic heterocycles. The van der Waals surface area contributed by atoms with Gasteiger partial charge in [0.15, 0.2) is 0 Å². The molecular weight excluding hydrogens is 278 g/mol. The summed E-state index contributed by atoms with van der Waals surface area (Å²) < 4.78 is 29.8. The third-order valence-corrected chi connectivity index (χ3v) is 5.85. The van der Waals surface area contributed by atoms with Crippen LogP contribution < -0.4 is 0 Å². The van der Waals surface area contributed by atoms with E-state index in [0.29, 0.717) is 0 Å². The van der Waals surface area contributed by atoms with Crippen LogP contribution in [0.5, 0.6) is 0 Å². The Bertz CT molecular complexity index is 427. The molecule has 2 aliphatic rings. The molecule has 0 amide bonds. The Morgan fingerprint density at radius 2 is 1.68 bits per heavy atom. The van der Waals surface area contributed by atoms with Crippen LogP contribution in [0, 0.1) is 10.8 Å². The number of hydrogen-bond acceptors (Lipinski definition) is 0. The minimum absolute atomic E-state index is 0.328. The summed E-state index contributed by atoms with van der Waals surface area (Å²) in [6, 6.07) is 0. The highest BCUT2D eigenvalue weighted by atomic mass is 19.3. The first kappa shape index (κ1) is 17.4. The van der Waals surface area contributed by atoms with Crippen molar-refractivity contribution in [2.45, 2.75) is 77.1 Å². The molecule has 0 bridgehead atoms. The van der Waals surface area contributed by atoms with Crippen molar-refractivity contribution in [3.63, 3.8) is 0 Å². The minimum atomic E-state index is -2.83. The summed E-state index contributed by atoms with van der Waals surface area (Å²) in [5, 5.41) is 0. The van der Waals surface area contributed by atoms with Gasteiger partial charge < -0.3 is 0 Å². The first-order valence-corrected chi connectivity index (χ1v) is 8.92. The molecule has 1 atom stereocenters. The van der Waals surface area contributed by atoms with Crippen molar-refractivity contribution in [1.29, 1.82) is 0 Å². The molecule has 1 fully saturated rings. The number of alkyl halides is 2. The highest BCUT2D eigenvalue weighted by Crippen LogP contribution is 2.62. The summed E-state index contributed by atoms with van der Waals surface area (Å²) >= 11 is 0. The van der Waals surface area contributed by atoms with Gasteiger partial charge in [0.05, 0.1) is 5.41 Å². The van der Waals surface area contributed by atoms with E-state index in [-0.39, 0.29) is 5.41 Å². The summed E-state index contributed by atoms with van der Waals surface area (Å²) in [5.74, 6) is -2.83. The molecule has 124 valence electrons. The first-order chi connectivity index (χ1) is 10.5. The SMILES string of the molecule is C=CC1(C2(CCCCCC)CCCCC2)C=CC=CC1(F)F. The molecule has 0 heterocycles. The van der Waals surface area contributed by atoms with Gasteiger partial charge in [0.2, 0.25) is 0 Å². The Labute approximate surface area is 134 Å². The van der Waals surface area contributed by atoms with Crippen LogP contribution in [0.3, 0.4) is 0 Å². The van der Waals surface area contributed by atoms with E-state index in [9.17, 15) is 8.78 Å². The number of hydrogen-bond donors (Lipinski definition) is 0.